The molecule has 82 valence electrons. The van der Waals surface area contributed by atoms with E-state index in [-0.39, 0.29) is 0 Å². The topological polar surface area (TPSA) is 29.9 Å². The van der Waals surface area contributed by atoms with E-state index in [1.165, 1.54) is 25.0 Å². The summed E-state index contributed by atoms with van der Waals surface area (Å²) < 4.78 is 2.20. The number of aromatic nitrogens is 2. The van der Waals surface area contributed by atoms with Crippen molar-refractivity contribution in [3.05, 3.63) is 30.9 Å². The number of rotatable bonds is 3. The third-order valence-corrected chi connectivity index (χ3v) is 3.14. The first-order valence-electron chi connectivity index (χ1n) is 5.70. The molecule has 1 aromatic rings. The highest BCUT2D eigenvalue weighted by atomic mass is 15.1. The van der Waals surface area contributed by atoms with Crippen molar-refractivity contribution in [1.82, 2.24) is 14.9 Å². The Bertz CT molecular complexity index is 323. The maximum atomic E-state index is 4.24. The molecule has 0 amide bonds. The van der Waals surface area contributed by atoms with Crippen molar-refractivity contribution >= 4 is 0 Å². The average Bonchev–Trinajstić information content (AvgIpc) is 2.78. The Kier molecular flexibility index (Phi) is 3.21. The van der Waals surface area contributed by atoms with E-state index in [0.29, 0.717) is 12.1 Å². The lowest BCUT2D eigenvalue weighted by Crippen LogP contribution is -2.28. The van der Waals surface area contributed by atoms with Crippen molar-refractivity contribution in [2.45, 2.75) is 38.3 Å². The first-order chi connectivity index (χ1) is 7.33. The molecule has 0 saturated carbocycles. The largest absolute Gasteiger partial charge is 0.326 e. The van der Waals surface area contributed by atoms with Gasteiger partial charge in [-0.2, -0.15) is 0 Å². The molecule has 2 heterocycles. The number of hydrogen-bond donors (Lipinski definition) is 1. The minimum Gasteiger partial charge on any atom is -0.326 e. The molecule has 1 saturated heterocycles. The summed E-state index contributed by atoms with van der Waals surface area (Å²) in [6.45, 7) is 7.10. The van der Waals surface area contributed by atoms with E-state index < -0.39 is 0 Å². The summed E-state index contributed by atoms with van der Waals surface area (Å²) in [5.74, 6) is 0. The summed E-state index contributed by atoms with van der Waals surface area (Å²) in [5.41, 5.74) is 1.29. The van der Waals surface area contributed by atoms with Gasteiger partial charge in [0.25, 0.3) is 0 Å². The highest BCUT2D eigenvalue weighted by Gasteiger charge is 2.19. The van der Waals surface area contributed by atoms with Gasteiger partial charge < -0.3 is 9.88 Å². The fourth-order valence-corrected chi connectivity index (χ4v) is 2.14. The van der Waals surface area contributed by atoms with Crippen molar-refractivity contribution in [2.24, 2.45) is 0 Å². The lowest BCUT2D eigenvalue weighted by molar-refractivity contribution is 0.390. The predicted octanol–water partition coefficient (Wildman–Crippen LogP) is 2.44. The molecule has 0 spiro atoms. The van der Waals surface area contributed by atoms with Gasteiger partial charge in [0.2, 0.25) is 0 Å². The highest BCUT2D eigenvalue weighted by molar-refractivity contribution is 5.09. The second-order valence-corrected chi connectivity index (χ2v) is 4.20. The van der Waals surface area contributed by atoms with Crippen LogP contribution < -0.4 is 5.32 Å². The zero-order valence-electron chi connectivity index (χ0n) is 9.32. The van der Waals surface area contributed by atoms with Gasteiger partial charge in [-0.05, 0) is 26.3 Å². The van der Waals surface area contributed by atoms with Crippen LogP contribution >= 0.6 is 0 Å². The Balaban J connectivity index is 2.19. The molecular formula is C12H19N3. The van der Waals surface area contributed by atoms with Gasteiger partial charge in [-0.15, -0.1) is 6.58 Å². The van der Waals surface area contributed by atoms with Crippen LogP contribution in [0.3, 0.4) is 0 Å². The van der Waals surface area contributed by atoms with Crippen LogP contribution in [0.15, 0.2) is 25.2 Å². The molecule has 2 unspecified atom stereocenters. The standard InChI is InChI=1S/C12H19N3/c1-3-10(2)15-9-13-8-12(15)11-6-4-5-7-14-11/h3,8-11,14H,1,4-7H2,2H3. The number of allylic oxidation sites excluding steroid dienone is 1. The van der Waals surface area contributed by atoms with E-state index in [1.807, 2.05) is 18.6 Å². The normalized spacial score (nSPS) is 23.7. The van der Waals surface area contributed by atoms with E-state index in [4.69, 9.17) is 0 Å². The summed E-state index contributed by atoms with van der Waals surface area (Å²) in [7, 11) is 0. The van der Waals surface area contributed by atoms with Gasteiger partial charge in [0.05, 0.1) is 12.0 Å². The van der Waals surface area contributed by atoms with Gasteiger partial charge in [0.1, 0.15) is 0 Å². The van der Waals surface area contributed by atoms with Crippen molar-refractivity contribution in [3.8, 4) is 0 Å². The van der Waals surface area contributed by atoms with Crippen LogP contribution in [-0.4, -0.2) is 16.1 Å². The molecular weight excluding hydrogens is 186 g/mol. The summed E-state index contributed by atoms with van der Waals surface area (Å²) in [6.07, 6.45) is 9.65. The molecule has 1 aromatic heterocycles. The van der Waals surface area contributed by atoms with Crippen LogP contribution in [0.4, 0.5) is 0 Å². The number of imidazole rings is 1. The zero-order valence-corrected chi connectivity index (χ0v) is 9.32. The lowest BCUT2D eigenvalue weighted by atomic mass is 10.0. The summed E-state index contributed by atoms with van der Waals surface area (Å²) in [4.78, 5) is 4.24. The maximum absolute atomic E-state index is 4.24. The molecule has 0 radical (unpaired) electrons. The summed E-state index contributed by atoms with van der Waals surface area (Å²) >= 11 is 0. The Hall–Kier alpha value is -1.09. The maximum Gasteiger partial charge on any atom is 0.0954 e. The number of hydrogen-bond acceptors (Lipinski definition) is 2. The number of nitrogens with one attached hydrogen (secondary N) is 1. The molecule has 1 aliphatic heterocycles. The van der Waals surface area contributed by atoms with E-state index in [2.05, 4.69) is 28.4 Å². The predicted molar refractivity (Wildman–Crippen MR) is 61.7 cm³/mol. The second kappa shape index (κ2) is 4.62. The third kappa shape index (κ3) is 2.12. The van der Waals surface area contributed by atoms with Gasteiger partial charge >= 0.3 is 0 Å². The fraction of sp³-hybridized carbons (Fsp3) is 0.583. The molecule has 3 nitrogen and oxygen atoms in total. The Morgan fingerprint density at radius 3 is 3.20 bits per heavy atom. The lowest BCUT2D eigenvalue weighted by Gasteiger charge is -2.25. The van der Waals surface area contributed by atoms with Crippen LogP contribution in [0.2, 0.25) is 0 Å². The van der Waals surface area contributed by atoms with Crippen molar-refractivity contribution < 1.29 is 0 Å². The minimum atomic E-state index is 0.325. The van der Waals surface area contributed by atoms with Gasteiger partial charge in [-0.3, -0.25) is 0 Å². The van der Waals surface area contributed by atoms with Crippen molar-refractivity contribution in [3.63, 3.8) is 0 Å². The van der Waals surface area contributed by atoms with E-state index >= 15 is 0 Å². The molecule has 0 aliphatic carbocycles. The van der Waals surface area contributed by atoms with Crippen LogP contribution in [-0.2, 0) is 0 Å². The highest BCUT2D eigenvalue weighted by Crippen LogP contribution is 2.24. The van der Waals surface area contributed by atoms with Crippen molar-refractivity contribution in [1.29, 1.82) is 0 Å². The van der Waals surface area contributed by atoms with Gasteiger partial charge in [0.15, 0.2) is 0 Å². The number of piperidine rings is 1. The van der Waals surface area contributed by atoms with Crippen LogP contribution in [0.25, 0.3) is 0 Å². The molecule has 3 heteroatoms. The molecule has 2 rings (SSSR count). The Labute approximate surface area is 91.2 Å². The second-order valence-electron chi connectivity index (χ2n) is 4.20. The molecule has 15 heavy (non-hydrogen) atoms. The summed E-state index contributed by atoms with van der Waals surface area (Å²) in [5, 5.41) is 3.55. The SMILES string of the molecule is C=CC(C)n1cncc1C1CCCCN1. The third-order valence-electron chi connectivity index (χ3n) is 3.14. The van der Waals surface area contributed by atoms with Gasteiger partial charge in [0, 0.05) is 18.3 Å². The Morgan fingerprint density at radius 1 is 1.67 bits per heavy atom. The average molecular weight is 205 g/mol. The van der Waals surface area contributed by atoms with E-state index in [1.54, 1.807) is 0 Å². The number of nitrogens with zero attached hydrogens (tertiary/aromatic N) is 2. The van der Waals surface area contributed by atoms with Crippen molar-refractivity contribution in [2.75, 3.05) is 6.54 Å². The quantitative estimate of drug-likeness (QED) is 0.768. The Morgan fingerprint density at radius 2 is 2.53 bits per heavy atom. The van der Waals surface area contributed by atoms with Crippen LogP contribution in [0, 0.1) is 0 Å². The molecule has 1 N–H and O–H groups in total. The fourth-order valence-electron chi connectivity index (χ4n) is 2.14. The van der Waals surface area contributed by atoms with Gasteiger partial charge in [-0.1, -0.05) is 12.5 Å². The monoisotopic (exact) mass is 205 g/mol. The van der Waals surface area contributed by atoms with Crippen LogP contribution in [0.5, 0.6) is 0 Å². The zero-order chi connectivity index (χ0) is 10.7. The first kappa shape index (κ1) is 10.4. The molecule has 0 aromatic carbocycles. The molecule has 1 aliphatic rings. The molecule has 0 bridgehead atoms. The molecule has 2 atom stereocenters. The first-order valence-corrected chi connectivity index (χ1v) is 5.70. The van der Waals surface area contributed by atoms with E-state index in [0.717, 1.165) is 6.54 Å². The minimum absolute atomic E-state index is 0.325. The summed E-state index contributed by atoms with van der Waals surface area (Å²) in [6, 6.07) is 0.801. The van der Waals surface area contributed by atoms with Crippen LogP contribution in [0.1, 0.15) is 44.0 Å². The van der Waals surface area contributed by atoms with Gasteiger partial charge in [-0.25, -0.2) is 4.98 Å². The van der Waals surface area contributed by atoms with E-state index in [9.17, 15) is 0 Å². The molecule has 1 fully saturated rings. The smallest absolute Gasteiger partial charge is 0.0954 e.